The summed E-state index contributed by atoms with van der Waals surface area (Å²) in [6.45, 7) is 0.491. The molecule has 0 amide bonds. The van der Waals surface area contributed by atoms with Crippen molar-refractivity contribution in [3.63, 3.8) is 0 Å². The van der Waals surface area contributed by atoms with Gasteiger partial charge in [0.2, 0.25) is 0 Å². The first-order valence-electron chi connectivity index (χ1n) is 5.87. The Hall–Kier alpha value is -1.16. The molecule has 0 radical (unpaired) electrons. The van der Waals surface area contributed by atoms with Crippen molar-refractivity contribution < 1.29 is 8.78 Å². The first-order valence-corrected chi connectivity index (χ1v) is 5.87. The number of benzene rings is 1. The smallest absolute Gasteiger partial charge is 0.182 e. The van der Waals surface area contributed by atoms with E-state index in [0.717, 1.165) is 24.8 Å². The summed E-state index contributed by atoms with van der Waals surface area (Å²) < 4.78 is 27.2. The number of nitrogens with zero attached hydrogens (tertiary/aromatic N) is 1. The molecule has 17 heavy (non-hydrogen) atoms. The molecule has 0 atom stereocenters. The van der Waals surface area contributed by atoms with E-state index in [1.54, 1.807) is 25.1 Å². The van der Waals surface area contributed by atoms with E-state index < -0.39 is 11.6 Å². The average molecular weight is 240 g/mol. The van der Waals surface area contributed by atoms with Crippen LogP contribution in [0.2, 0.25) is 0 Å². The summed E-state index contributed by atoms with van der Waals surface area (Å²) in [6.07, 6.45) is 3.02. The third kappa shape index (κ3) is 1.90. The van der Waals surface area contributed by atoms with E-state index in [1.165, 1.54) is 6.07 Å². The van der Waals surface area contributed by atoms with Gasteiger partial charge in [0.05, 0.1) is 5.69 Å². The largest absolute Gasteiger partial charge is 0.375 e. The Morgan fingerprint density at radius 3 is 2.35 bits per heavy atom. The molecular formula is C13H18F2N2. The van der Waals surface area contributed by atoms with Crippen molar-refractivity contribution in [3.8, 4) is 0 Å². The highest BCUT2D eigenvalue weighted by Crippen LogP contribution is 2.44. The van der Waals surface area contributed by atoms with Crippen LogP contribution in [0.5, 0.6) is 0 Å². The van der Waals surface area contributed by atoms with Gasteiger partial charge >= 0.3 is 0 Å². The van der Waals surface area contributed by atoms with Gasteiger partial charge in [0, 0.05) is 26.1 Å². The van der Waals surface area contributed by atoms with Crippen LogP contribution in [-0.4, -0.2) is 20.6 Å². The normalized spacial score (nSPS) is 17.7. The quantitative estimate of drug-likeness (QED) is 0.879. The molecule has 1 aliphatic carbocycles. The second-order valence-electron chi connectivity index (χ2n) is 5.02. The molecule has 0 spiro atoms. The molecule has 0 bridgehead atoms. The number of halogens is 2. The second-order valence-corrected chi connectivity index (χ2v) is 5.02. The van der Waals surface area contributed by atoms with Gasteiger partial charge in [-0.05, 0) is 30.5 Å². The van der Waals surface area contributed by atoms with Crippen LogP contribution < -0.4 is 10.6 Å². The zero-order valence-corrected chi connectivity index (χ0v) is 10.3. The Labute approximate surface area is 100 Å². The molecule has 1 fully saturated rings. The molecule has 0 unspecified atom stereocenters. The fourth-order valence-corrected chi connectivity index (χ4v) is 2.42. The second kappa shape index (κ2) is 4.26. The summed E-state index contributed by atoms with van der Waals surface area (Å²) in [5, 5.41) is 0. The van der Waals surface area contributed by atoms with Gasteiger partial charge < -0.3 is 10.6 Å². The molecule has 2 nitrogen and oxygen atoms in total. The Morgan fingerprint density at radius 2 is 1.94 bits per heavy atom. The van der Waals surface area contributed by atoms with Crippen molar-refractivity contribution in [1.29, 1.82) is 0 Å². The minimum absolute atomic E-state index is 0.140. The van der Waals surface area contributed by atoms with E-state index in [2.05, 4.69) is 0 Å². The van der Waals surface area contributed by atoms with E-state index in [0.29, 0.717) is 12.2 Å². The minimum Gasteiger partial charge on any atom is -0.375 e. The molecule has 1 saturated carbocycles. The predicted octanol–water partition coefficient (Wildman–Crippen LogP) is 2.41. The van der Waals surface area contributed by atoms with Crippen LogP contribution in [0.1, 0.15) is 24.8 Å². The van der Waals surface area contributed by atoms with E-state index >= 15 is 0 Å². The van der Waals surface area contributed by atoms with E-state index in [9.17, 15) is 8.78 Å². The molecular weight excluding hydrogens is 222 g/mol. The third-order valence-electron chi connectivity index (χ3n) is 3.80. The molecule has 0 aliphatic heterocycles. The van der Waals surface area contributed by atoms with Crippen LogP contribution in [0.3, 0.4) is 0 Å². The molecule has 94 valence electrons. The van der Waals surface area contributed by atoms with Gasteiger partial charge in [-0.3, -0.25) is 0 Å². The van der Waals surface area contributed by atoms with Gasteiger partial charge in [0.1, 0.15) is 0 Å². The Morgan fingerprint density at radius 1 is 1.29 bits per heavy atom. The zero-order chi connectivity index (χ0) is 12.6. The summed E-state index contributed by atoms with van der Waals surface area (Å²) >= 11 is 0. The van der Waals surface area contributed by atoms with E-state index in [4.69, 9.17) is 5.73 Å². The Kier molecular flexibility index (Phi) is 3.08. The van der Waals surface area contributed by atoms with Crippen molar-refractivity contribution in [2.75, 3.05) is 25.5 Å². The molecule has 1 aliphatic rings. The summed E-state index contributed by atoms with van der Waals surface area (Å²) in [6, 6.07) is 3.03. The third-order valence-corrected chi connectivity index (χ3v) is 3.80. The van der Waals surface area contributed by atoms with Crippen LogP contribution in [0.4, 0.5) is 14.5 Å². The maximum atomic E-state index is 13.6. The number of hydrogen-bond donors (Lipinski definition) is 1. The van der Waals surface area contributed by atoms with Crippen molar-refractivity contribution in [2.45, 2.75) is 24.7 Å². The number of rotatable bonds is 3. The van der Waals surface area contributed by atoms with Crippen molar-refractivity contribution in [2.24, 2.45) is 5.73 Å². The molecule has 2 rings (SSSR count). The minimum atomic E-state index is -0.787. The SMILES string of the molecule is CN(C)c1cc(C2(CN)CCC2)cc(F)c1F. The standard InChI is InChI=1S/C13H18F2N2/c1-17(2)11-7-9(6-10(14)12(11)15)13(8-16)4-3-5-13/h6-7H,3-5,8,16H2,1-2H3. The molecule has 0 aromatic heterocycles. The average Bonchev–Trinajstić information content (AvgIpc) is 2.21. The van der Waals surface area contributed by atoms with Crippen molar-refractivity contribution in [3.05, 3.63) is 29.3 Å². The monoisotopic (exact) mass is 240 g/mol. The van der Waals surface area contributed by atoms with E-state index in [1.807, 2.05) is 0 Å². The summed E-state index contributed by atoms with van der Waals surface area (Å²) in [7, 11) is 3.41. The molecule has 0 saturated heterocycles. The van der Waals surface area contributed by atoms with Gasteiger partial charge in [0.15, 0.2) is 11.6 Å². The Bertz CT molecular complexity index is 420. The molecule has 1 aromatic rings. The van der Waals surface area contributed by atoms with Crippen LogP contribution in [0, 0.1) is 11.6 Å². The summed E-state index contributed by atoms with van der Waals surface area (Å²) in [5.41, 5.74) is 6.76. The van der Waals surface area contributed by atoms with E-state index in [-0.39, 0.29) is 5.41 Å². The van der Waals surface area contributed by atoms with Crippen LogP contribution >= 0.6 is 0 Å². The fraction of sp³-hybridized carbons (Fsp3) is 0.538. The van der Waals surface area contributed by atoms with Gasteiger partial charge in [-0.1, -0.05) is 6.42 Å². The van der Waals surface area contributed by atoms with Gasteiger partial charge in [-0.15, -0.1) is 0 Å². The first-order chi connectivity index (χ1) is 8.00. The van der Waals surface area contributed by atoms with Crippen LogP contribution in [0.25, 0.3) is 0 Å². The molecule has 2 N–H and O–H groups in total. The van der Waals surface area contributed by atoms with Crippen molar-refractivity contribution >= 4 is 5.69 Å². The summed E-state index contributed by atoms with van der Waals surface area (Å²) in [5.74, 6) is -1.57. The topological polar surface area (TPSA) is 29.3 Å². The maximum absolute atomic E-state index is 13.6. The lowest BCUT2D eigenvalue weighted by Gasteiger charge is -2.42. The number of nitrogens with two attached hydrogens (primary N) is 1. The lowest BCUT2D eigenvalue weighted by molar-refractivity contribution is 0.252. The zero-order valence-electron chi connectivity index (χ0n) is 10.3. The lowest BCUT2D eigenvalue weighted by atomic mass is 9.64. The fourth-order valence-electron chi connectivity index (χ4n) is 2.42. The van der Waals surface area contributed by atoms with Crippen LogP contribution in [0.15, 0.2) is 12.1 Å². The lowest BCUT2D eigenvalue weighted by Crippen LogP contribution is -2.41. The van der Waals surface area contributed by atoms with Crippen LogP contribution in [-0.2, 0) is 5.41 Å². The predicted molar refractivity (Wildman–Crippen MR) is 65.3 cm³/mol. The highest BCUT2D eigenvalue weighted by atomic mass is 19.2. The van der Waals surface area contributed by atoms with Gasteiger partial charge in [-0.25, -0.2) is 8.78 Å². The Balaban J connectivity index is 2.49. The van der Waals surface area contributed by atoms with Crippen molar-refractivity contribution in [1.82, 2.24) is 0 Å². The number of hydrogen-bond acceptors (Lipinski definition) is 2. The first kappa shape index (κ1) is 12.3. The number of anilines is 1. The summed E-state index contributed by atoms with van der Waals surface area (Å²) in [4.78, 5) is 1.59. The maximum Gasteiger partial charge on any atom is 0.182 e. The molecule has 1 aromatic carbocycles. The van der Waals surface area contributed by atoms with Gasteiger partial charge in [0.25, 0.3) is 0 Å². The van der Waals surface area contributed by atoms with Gasteiger partial charge in [-0.2, -0.15) is 0 Å². The highest BCUT2D eigenvalue weighted by molar-refractivity contribution is 5.51. The highest BCUT2D eigenvalue weighted by Gasteiger charge is 2.38. The molecule has 4 heteroatoms. The molecule has 0 heterocycles.